The van der Waals surface area contributed by atoms with Crippen LogP contribution in [0.4, 0.5) is 5.69 Å². The topological polar surface area (TPSA) is 84.2 Å². The van der Waals surface area contributed by atoms with Crippen molar-refractivity contribution in [2.75, 3.05) is 5.32 Å². The van der Waals surface area contributed by atoms with E-state index in [1.54, 1.807) is 6.20 Å². The Kier molecular flexibility index (Phi) is 3.43. The van der Waals surface area contributed by atoms with Gasteiger partial charge in [-0.05, 0) is 30.2 Å². The minimum absolute atomic E-state index is 0.220. The van der Waals surface area contributed by atoms with Crippen molar-refractivity contribution >= 4 is 17.6 Å². The minimum atomic E-state index is -0.898. The molecule has 0 saturated heterocycles. The molecular formula is C15H15N3O3. The Morgan fingerprint density at radius 2 is 2.05 bits per heavy atom. The molecule has 2 aromatic rings. The van der Waals surface area contributed by atoms with Gasteiger partial charge in [-0.1, -0.05) is 12.1 Å². The van der Waals surface area contributed by atoms with E-state index in [-0.39, 0.29) is 5.91 Å². The van der Waals surface area contributed by atoms with Crippen LogP contribution in [0.2, 0.25) is 0 Å². The predicted molar refractivity (Wildman–Crippen MR) is 75.6 cm³/mol. The lowest BCUT2D eigenvalue weighted by Gasteiger charge is -2.06. The maximum atomic E-state index is 11.8. The summed E-state index contributed by atoms with van der Waals surface area (Å²) in [7, 11) is 0. The molecule has 6 nitrogen and oxygen atoms in total. The first-order valence-corrected chi connectivity index (χ1v) is 6.73. The van der Waals surface area contributed by atoms with Crippen LogP contribution in [-0.2, 0) is 16.1 Å². The molecule has 0 radical (unpaired) electrons. The smallest absolute Gasteiger partial charge is 0.307 e. The van der Waals surface area contributed by atoms with Crippen LogP contribution in [0.3, 0.4) is 0 Å². The first kappa shape index (κ1) is 13.4. The van der Waals surface area contributed by atoms with Gasteiger partial charge in [0.25, 0.3) is 0 Å². The first-order chi connectivity index (χ1) is 10.1. The van der Waals surface area contributed by atoms with Crippen LogP contribution in [0, 0.1) is 11.8 Å². The van der Waals surface area contributed by atoms with E-state index in [9.17, 15) is 9.59 Å². The van der Waals surface area contributed by atoms with Gasteiger partial charge >= 0.3 is 5.97 Å². The lowest BCUT2D eigenvalue weighted by atomic mass is 10.2. The highest BCUT2D eigenvalue weighted by molar-refractivity contribution is 5.98. The number of benzene rings is 1. The minimum Gasteiger partial charge on any atom is -0.481 e. The maximum absolute atomic E-state index is 11.8. The molecule has 1 amide bonds. The summed E-state index contributed by atoms with van der Waals surface area (Å²) in [6.07, 6.45) is 4.04. The molecule has 1 aliphatic rings. The molecule has 108 valence electrons. The third-order valence-electron chi connectivity index (χ3n) is 3.57. The standard InChI is InChI=1S/C15H15N3O3/c19-14(12-8-13(12)15(20)21)17-11-4-2-10(3-5-11)9-18-7-1-6-16-18/h1-7,12-13H,8-9H2,(H,17,19)(H,20,21). The predicted octanol–water partition coefficient (Wildman–Crippen LogP) is 1.59. The molecule has 1 aromatic heterocycles. The van der Waals surface area contributed by atoms with Crippen LogP contribution in [0.1, 0.15) is 12.0 Å². The summed E-state index contributed by atoms with van der Waals surface area (Å²) in [6.45, 7) is 0.672. The molecule has 1 aromatic carbocycles. The molecule has 6 heteroatoms. The van der Waals surface area contributed by atoms with Crippen LogP contribution in [0.5, 0.6) is 0 Å². The molecule has 2 unspecified atom stereocenters. The molecule has 2 N–H and O–H groups in total. The zero-order chi connectivity index (χ0) is 14.8. The summed E-state index contributed by atoms with van der Waals surface area (Å²) in [5, 5.41) is 15.7. The molecule has 2 atom stereocenters. The van der Waals surface area contributed by atoms with E-state index in [0.29, 0.717) is 18.7 Å². The zero-order valence-electron chi connectivity index (χ0n) is 11.3. The Balaban J connectivity index is 1.57. The third kappa shape index (κ3) is 3.10. The van der Waals surface area contributed by atoms with Gasteiger partial charge < -0.3 is 10.4 Å². The van der Waals surface area contributed by atoms with Gasteiger partial charge in [0, 0.05) is 18.1 Å². The summed E-state index contributed by atoms with van der Waals surface area (Å²) in [4.78, 5) is 22.6. The number of carboxylic acids is 1. The second-order valence-electron chi connectivity index (χ2n) is 5.18. The lowest BCUT2D eigenvalue weighted by Crippen LogP contribution is -2.16. The van der Waals surface area contributed by atoms with Crippen molar-refractivity contribution in [3.63, 3.8) is 0 Å². The van der Waals surface area contributed by atoms with Gasteiger partial charge in [-0.3, -0.25) is 14.3 Å². The number of carbonyl (C=O) groups excluding carboxylic acids is 1. The summed E-state index contributed by atoms with van der Waals surface area (Å²) in [6, 6.07) is 9.32. The molecule has 21 heavy (non-hydrogen) atoms. The van der Waals surface area contributed by atoms with Gasteiger partial charge in [0.05, 0.1) is 18.4 Å². The van der Waals surface area contributed by atoms with Crippen LogP contribution in [0.15, 0.2) is 42.7 Å². The number of rotatable bonds is 5. The average Bonchev–Trinajstić information content (AvgIpc) is 3.13. The second kappa shape index (κ2) is 5.40. The average molecular weight is 285 g/mol. The van der Waals surface area contributed by atoms with Crippen molar-refractivity contribution < 1.29 is 14.7 Å². The normalized spacial score (nSPS) is 20.0. The van der Waals surface area contributed by atoms with Crippen molar-refractivity contribution in [3.8, 4) is 0 Å². The summed E-state index contributed by atoms with van der Waals surface area (Å²) in [5.41, 5.74) is 1.76. The fourth-order valence-corrected chi connectivity index (χ4v) is 2.27. The largest absolute Gasteiger partial charge is 0.481 e. The van der Waals surface area contributed by atoms with Crippen molar-refractivity contribution in [3.05, 3.63) is 48.3 Å². The SMILES string of the molecule is O=C(O)C1CC1C(=O)Nc1ccc(Cn2cccn2)cc1. The van der Waals surface area contributed by atoms with E-state index in [4.69, 9.17) is 5.11 Å². The third-order valence-corrected chi connectivity index (χ3v) is 3.57. The van der Waals surface area contributed by atoms with Crippen molar-refractivity contribution in [2.45, 2.75) is 13.0 Å². The number of amides is 1. The van der Waals surface area contributed by atoms with Gasteiger partial charge in [0.15, 0.2) is 0 Å². The fourth-order valence-electron chi connectivity index (χ4n) is 2.27. The van der Waals surface area contributed by atoms with Crippen LogP contribution in [0.25, 0.3) is 0 Å². The highest BCUT2D eigenvalue weighted by Crippen LogP contribution is 2.39. The monoisotopic (exact) mass is 285 g/mol. The van der Waals surface area contributed by atoms with E-state index in [1.807, 2.05) is 41.2 Å². The van der Waals surface area contributed by atoms with Crippen molar-refractivity contribution in [2.24, 2.45) is 11.8 Å². The molecule has 0 aliphatic heterocycles. The summed E-state index contributed by atoms with van der Waals surface area (Å²) < 4.78 is 1.81. The van der Waals surface area contributed by atoms with E-state index < -0.39 is 17.8 Å². The molecule has 3 rings (SSSR count). The number of aliphatic carboxylic acids is 1. The molecule has 0 bridgehead atoms. The summed E-state index contributed by atoms with van der Waals surface area (Å²) in [5.74, 6) is -2.04. The van der Waals surface area contributed by atoms with Crippen molar-refractivity contribution in [1.82, 2.24) is 9.78 Å². The number of carbonyl (C=O) groups is 2. The second-order valence-corrected chi connectivity index (χ2v) is 5.18. The Bertz CT molecular complexity index is 649. The van der Waals surface area contributed by atoms with Gasteiger partial charge in [-0.2, -0.15) is 5.10 Å². The molecule has 1 heterocycles. The Hall–Kier alpha value is -2.63. The number of carboxylic acid groups (broad SMARTS) is 1. The number of hydrogen-bond donors (Lipinski definition) is 2. The van der Waals surface area contributed by atoms with Gasteiger partial charge in [-0.25, -0.2) is 0 Å². The van der Waals surface area contributed by atoms with E-state index in [1.165, 1.54) is 0 Å². The molecule has 1 fully saturated rings. The Morgan fingerprint density at radius 3 is 2.62 bits per heavy atom. The van der Waals surface area contributed by atoms with Crippen LogP contribution < -0.4 is 5.32 Å². The highest BCUT2D eigenvalue weighted by Gasteiger charge is 2.48. The maximum Gasteiger partial charge on any atom is 0.307 e. The molecule has 1 saturated carbocycles. The van der Waals surface area contributed by atoms with E-state index in [2.05, 4.69) is 10.4 Å². The van der Waals surface area contributed by atoms with E-state index in [0.717, 1.165) is 5.56 Å². The number of hydrogen-bond acceptors (Lipinski definition) is 3. The van der Waals surface area contributed by atoms with Crippen LogP contribution >= 0.6 is 0 Å². The quantitative estimate of drug-likeness (QED) is 0.873. The molecular weight excluding hydrogens is 270 g/mol. The zero-order valence-corrected chi connectivity index (χ0v) is 11.3. The van der Waals surface area contributed by atoms with Crippen LogP contribution in [-0.4, -0.2) is 26.8 Å². The highest BCUT2D eigenvalue weighted by atomic mass is 16.4. The fraction of sp³-hybridized carbons (Fsp3) is 0.267. The number of nitrogens with one attached hydrogen (secondary N) is 1. The Morgan fingerprint density at radius 1 is 1.29 bits per heavy atom. The number of nitrogens with zero attached hydrogens (tertiary/aromatic N) is 2. The van der Waals surface area contributed by atoms with Gasteiger partial charge in [-0.15, -0.1) is 0 Å². The molecule has 1 aliphatic carbocycles. The summed E-state index contributed by atoms with van der Waals surface area (Å²) >= 11 is 0. The molecule has 0 spiro atoms. The van der Waals surface area contributed by atoms with E-state index >= 15 is 0 Å². The number of anilines is 1. The number of aromatic nitrogens is 2. The van der Waals surface area contributed by atoms with Gasteiger partial charge in [0.2, 0.25) is 5.91 Å². The van der Waals surface area contributed by atoms with Crippen molar-refractivity contribution in [1.29, 1.82) is 0 Å². The lowest BCUT2D eigenvalue weighted by molar-refractivity contribution is -0.139. The first-order valence-electron chi connectivity index (χ1n) is 6.73. The Labute approximate surface area is 121 Å². The van der Waals surface area contributed by atoms with Gasteiger partial charge in [0.1, 0.15) is 0 Å².